The highest BCUT2D eigenvalue weighted by atomic mass is 19.4. The van der Waals surface area contributed by atoms with Crippen molar-refractivity contribution in [3.05, 3.63) is 59.9 Å². The molecule has 0 aliphatic heterocycles. The van der Waals surface area contributed by atoms with Crippen molar-refractivity contribution >= 4 is 11.8 Å². The summed E-state index contributed by atoms with van der Waals surface area (Å²) >= 11 is 0. The van der Waals surface area contributed by atoms with Gasteiger partial charge in [0.05, 0.1) is 0 Å². The van der Waals surface area contributed by atoms with E-state index >= 15 is 0 Å². The van der Waals surface area contributed by atoms with Crippen molar-refractivity contribution in [1.82, 2.24) is 0 Å². The van der Waals surface area contributed by atoms with Crippen LogP contribution in [-0.2, 0) is 11.3 Å². The summed E-state index contributed by atoms with van der Waals surface area (Å²) in [6.07, 6.45) is -5.82. The van der Waals surface area contributed by atoms with Crippen molar-refractivity contribution in [1.29, 1.82) is 0 Å². The molecule has 2 aromatic carbocycles. The Morgan fingerprint density at radius 1 is 1.08 bits per heavy atom. The first-order chi connectivity index (χ1) is 11.3. The minimum absolute atomic E-state index is 0.0970. The molecule has 0 unspecified atom stereocenters. The average molecular weight is 343 g/mol. The SMILES string of the molecule is O=C(Nc1cccc(OCc2cccc(F)c2)c1)OCC(F)(F)F. The van der Waals surface area contributed by atoms with Gasteiger partial charge in [-0.05, 0) is 29.8 Å². The predicted octanol–water partition coefficient (Wildman–Crippen LogP) is 4.52. The van der Waals surface area contributed by atoms with Crippen LogP contribution < -0.4 is 10.1 Å². The molecule has 0 fully saturated rings. The van der Waals surface area contributed by atoms with Crippen molar-refractivity contribution in [3.63, 3.8) is 0 Å². The fourth-order valence-electron chi connectivity index (χ4n) is 1.76. The van der Waals surface area contributed by atoms with Gasteiger partial charge in [-0.3, -0.25) is 5.32 Å². The Labute approximate surface area is 135 Å². The summed E-state index contributed by atoms with van der Waals surface area (Å²) in [4.78, 5) is 11.3. The zero-order valence-electron chi connectivity index (χ0n) is 12.3. The maximum absolute atomic E-state index is 13.1. The second kappa shape index (κ2) is 7.67. The number of halogens is 4. The molecule has 24 heavy (non-hydrogen) atoms. The van der Waals surface area contributed by atoms with Crippen LogP contribution in [0.5, 0.6) is 5.75 Å². The highest BCUT2D eigenvalue weighted by molar-refractivity contribution is 5.84. The molecule has 2 rings (SSSR count). The first-order valence-corrected chi connectivity index (χ1v) is 6.80. The largest absolute Gasteiger partial charge is 0.489 e. The highest BCUT2D eigenvalue weighted by Gasteiger charge is 2.29. The number of ether oxygens (including phenoxy) is 2. The lowest BCUT2D eigenvalue weighted by molar-refractivity contribution is -0.159. The Hall–Kier alpha value is -2.77. The second-order valence-electron chi connectivity index (χ2n) is 4.76. The van der Waals surface area contributed by atoms with Crippen LogP contribution in [0.2, 0.25) is 0 Å². The summed E-state index contributed by atoms with van der Waals surface area (Å²) in [6.45, 7) is -1.58. The third-order valence-electron chi connectivity index (χ3n) is 2.74. The molecule has 0 saturated heterocycles. The van der Waals surface area contributed by atoms with E-state index in [0.717, 1.165) is 0 Å². The molecule has 0 aromatic heterocycles. The quantitative estimate of drug-likeness (QED) is 0.812. The van der Waals surface area contributed by atoms with Crippen LogP contribution in [0.1, 0.15) is 5.56 Å². The lowest BCUT2D eigenvalue weighted by Gasteiger charge is -2.11. The van der Waals surface area contributed by atoms with Crippen molar-refractivity contribution in [2.45, 2.75) is 12.8 Å². The Bertz CT molecular complexity index is 704. The first-order valence-electron chi connectivity index (χ1n) is 6.80. The lowest BCUT2D eigenvalue weighted by Crippen LogP contribution is -2.23. The smallest absolute Gasteiger partial charge is 0.422 e. The van der Waals surface area contributed by atoms with Crippen molar-refractivity contribution < 1.29 is 31.8 Å². The number of hydrogen-bond acceptors (Lipinski definition) is 3. The molecule has 0 spiro atoms. The van der Waals surface area contributed by atoms with E-state index in [1.165, 1.54) is 24.3 Å². The van der Waals surface area contributed by atoms with E-state index in [1.54, 1.807) is 24.3 Å². The van der Waals surface area contributed by atoms with Gasteiger partial charge < -0.3 is 9.47 Å². The molecule has 8 heteroatoms. The van der Waals surface area contributed by atoms with Crippen molar-refractivity contribution in [2.24, 2.45) is 0 Å². The Kier molecular flexibility index (Phi) is 5.62. The van der Waals surface area contributed by atoms with Crippen LogP contribution in [-0.4, -0.2) is 18.9 Å². The number of rotatable bonds is 5. The molecular weight excluding hydrogens is 330 g/mol. The number of anilines is 1. The topological polar surface area (TPSA) is 47.6 Å². The summed E-state index contributed by atoms with van der Waals surface area (Å²) in [6, 6.07) is 11.9. The summed E-state index contributed by atoms with van der Waals surface area (Å²) in [5.41, 5.74) is 0.817. The van der Waals surface area contributed by atoms with Gasteiger partial charge in [0, 0.05) is 11.8 Å². The molecule has 0 atom stereocenters. The third kappa shape index (κ3) is 6.15. The van der Waals surface area contributed by atoms with Crippen molar-refractivity contribution in [2.75, 3.05) is 11.9 Å². The molecule has 0 saturated carbocycles. The second-order valence-corrected chi connectivity index (χ2v) is 4.76. The van der Waals surface area contributed by atoms with Crippen LogP contribution in [0, 0.1) is 5.82 Å². The lowest BCUT2D eigenvalue weighted by atomic mass is 10.2. The van der Waals surface area contributed by atoms with Crippen LogP contribution in [0.15, 0.2) is 48.5 Å². The Morgan fingerprint density at radius 2 is 1.83 bits per heavy atom. The minimum Gasteiger partial charge on any atom is -0.489 e. The van der Waals surface area contributed by atoms with Crippen LogP contribution in [0.25, 0.3) is 0 Å². The van der Waals surface area contributed by atoms with E-state index in [1.807, 2.05) is 0 Å². The van der Waals surface area contributed by atoms with Gasteiger partial charge in [0.15, 0.2) is 6.61 Å². The molecule has 4 nitrogen and oxygen atoms in total. The van der Waals surface area contributed by atoms with E-state index in [0.29, 0.717) is 11.3 Å². The molecule has 1 amide bonds. The van der Waals surface area contributed by atoms with Crippen LogP contribution in [0.3, 0.4) is 0 Å². The van der Waals surface area contributed by atoms with E-state index < -0.39 is 18.9 Å². The first kappa shape index (κ1) is 17.6. The maximum Gasteiger partial charge on any atom is 0.422 e. The average Bonchev–Trinajstić information content (AvgIpc) is 2.51. The Balaban J connectivity index is 1.90. The van der Waals surface area contributed by atoms with Gasteiger partial charge in [0.25, 0.3) is 0 Å². The molecule has 128 valence electrons. The molecule has 0 aliphatic carbocycles. The Morgan fingerprint density at radius 3 is 2.54 bits per heavy atom. The van der Waals surface area contributed by atoms with Gasteiger partial charge in [-0.1, -0.05) is 18.2 Å². The minimum atomic E-state index is -4.59. The van der Waals surface area contributed by atoms with E-state index in [2.05, 4.69) is 10.1 Å². The normalized spacial score (nSPS) is 11.0. The van der Waals surface area contributed by atoms with Crippen LogP contribution >= 0.6 is 0 Å². The summed E-state index contributed by atoms with van der Waals surface area (Å²) in [7, 11) is 0. The fraction of sp³-hybridized carbons (Fsp3) is 0.188. The third-order valence-corrected chi connectivity index (χ3v) is 2.74. The molecule has 0 bridgehead atoms. The van der Waals surface area contributed by atoms with Gasteiger partial charge in [-0.25, -0.2) is 9.18 Å². The van der Waals surface area contributed by atoms with Gasteiger partial charge in [-0.15, -0.1) is 0 Å². The predicted molar refractivity (Wildman–Crippen MR) is 78.2 cm³/mol. The van der Waals surface area contributed by atoms with E-state index in [9.17, 15) is 22.4 Å². The zero-order valence-corrected chi connectivity index (χ0v) is 12.3. The summed E-state index contributed by atoms with van der Waals surface area (Å²) in [5, 5.41) is 2.16. The molecular formula is C16H13F4NO3. The molecule has 1 N–H and O–H groups in total. The van der Waals surface area contributed by atoms with Gasteiger partial charge >= 0.3 is 12.3 Å². The molecule has 0 radical (unpaired) electrons. The van der Waals surface area contributed by atoms with Gasteiger partial charge in [0.2, 0.25) is 0 Å². The van der Waals surface area contributed by atoms with Gasteiger partial charge in [-0.2, -0.15) is 13.2 Å². The monoisotopic (exact) mass is 343 g/mol. The van der Waals surface area contributed by atoms with Crippen molar-refractivity contribution in [3.8, 4) is 5.75 Å². The number of hydrogen-bond donors (Lipinski definition) is 1. The number of alkyl halides is 3. The van der Waals surface area contributed by atoms with Gasteiger partial charge in [0.1, 0.15) is 18.2 Å². The van der Waals surface area contributed by atoms with E-state index in [-0.39, 0.29) is 18.1 Å². The molecule has 0 heterocycles. The zero-order chi connectivity index (χ0) is 17.6. The maximum atomic E-state index is 13.1. The number of nitrogens with one attached hydrogen (secondary N) is 1. The van der Waals surface area contributed by atoms with Crippen LogP contribution in [0.4, 0.5) is 28.0 Å². The molecule has 0 aliphatic rings. The number of benzene rings is 2. The number of carbonyl (C=O) groups is 1. The standard InChI is InChI=1S/C16H13F4NO3/c17-12-4-1-3-11(7-12)9-23-14-6-2-5-13(8-14)21-15(22)24-10-16(18,19)20/h1-8H,9-10H2,(H,21,22). The van der Waals surface area contributed by atoms with E-state index in [4.69, 9.17) is 4.74 Å². The summed E-state index contributed by atoms with van der Waals surface area (Å²) < 4.78 is 58.4. The highest BCUT2D eigenvalue weighted by Crippen LogP contribution is 2.20. The molecule has 2 aromatic rings. The number of carbonyl (C=O) groups excluding carboxylic acids is 1. The summed E-state index contributed by atoms with van der Waals surface area (Å²) in [5.74, 6) is -0.0354. The fourth-order valence-corrected chi connectivity index (χ4v) is 1.76. The number of amides is 1.